The minimum absolute atomic E-state index is 0.0831. The predicted molar refractivity (Wildman–Crippen MR) is 127 cm³/mol. The Morgan fingerprint density at radius 1 is 1.21 bits per heavy atom. The molecule has 1 aliphatic rings. The Morgan fingerprint density at radius 3 is 2.73 bits per heavy atom. The third kappa shape index (κ3) is 5.52. The van der Waals surface area contributed by atoms with E-state index in [4.69, 9.17) is 16.3 Å². The number of nitrogens with one attached hydrogen (secondary N) is 2. The summed E-state index contributed by atoms with van der Waals surface area (Å²) in [5, 5.41) is 10.6. The van der Waals surface area contributed by atoms with Crippen LogP contribution in [0.3, 0.4) is 0 Å². The summed E-state index contributed by atoms with van der Waals surface area (Å²) in [7, 11) is 1.66. The number of rotatable bonds is 7. The molecular weight excluding hydrogens is 445 g/mol. The molecule has 7 nitrogen and oxygen atoms in total. The molecule has 0 spiro atoms. The average molecular weight is 472 g/mol. The van der Waals surface area contributed by atoms with Crippen molar-refractivity contribution in [2.75, 3.05) is 38.7 Å². The number of nitrogens with zero attached hydrogens (tertiary/aromatic N) is 3. The zero-order chi connectivity index (χ0) is 23.4. The monoisotopic (exact) mass is 471 g/mol. The first kappa shape index (κ1) is 23.2. The number of halogens is 2. The lowest BCUT2D eigenvalue weighted by Crippen LogP contribution is -2.42. The van der Waals surface area contributed by atoms with Crippen LogP contribution in [0, 0.1) is 12.7 Å². The number of benzene rings is 2. The van der Waals surface area contributed by atoms with Crippen LogP contribution in [-0.2, 0) is 4.74 Å². The fraction of sp³-hybridized carbons (Fsp3) is 0.333. The number of para-hydroxylation sites is 1. The van der Waals surface area contributed by atoms with E-state index in [0.29, 0.717) is 25.5 Å². The Bertz CT molecular complexity index is 1110. The fourth-order valence-electron chi connectivity index (χ4n) is 4.19. The van der Waals surface area contributed by atoms with E-state index in [0.717, 1.165) is 23.5 Å². The lowest BCUT2D eigenvalue weighted by molar-refractivity contribution is 0.159. The van der Waals surface area contributed by atoms with Crippen molar-refractivity contribution in [3.8, 4) is 5.69 Å². The molecule has 0 bridgehead atoms. The Kier molecular flexibility index (Phi) is 7.27. The molecule has 174 valence electrons. The lowest BCUT2D eigenvalue weighted by Gasteiger charge is -2.21. The average Bonchev–Trinajstić information content (AvgIpc) is 3.37. The van der Waals surface area contributed by atoms with Gasteiger partial charge in [0.05, 0.1) is 29.1 Å². The van der Waals surface area contributed by atoms with Crippen molar-refractivity contribution in [1.29, 1.82) is 0 Å². The minimum atomic E-state index is -0.463. The summed E-state index contributed by atoms with van der Waals surface area (Å²) in [6.45, 7) is 4.48. The van der Waals surface area contributed by atoms with Gasteiger partial charge in [-0.1, -0.05) is 35.9 Å². The molecule has 4 rings (SSSR count). The normalized spacial score (nSPS) is 18.4. The Hall–Kier alpha value is -2.94. The summed E-state index contributed by atoms with van der Waals surface area (Å²) in [5.41, 5.74) is 2.43. The second-order valence-electron chi connectivity index (χ2n) is 8.16. The van der Waals surface area contributed by atoms with Gasteiger partial charge in [0.25, 0.3) is 0 Å². The maximum absolute atomic E-state index is 14.1. The molecule has 0 radical (unpaired) electrons. The number of hydrogen-bond acceptors (Lipinski definition) is 4. The van der Waals surface area contributed by atoms with Crippen molar-refractivity contribution >= 4 is 23.4 Å². The molecule has 1 saturated heterocycles. The van der Waals surface area contributed by atoms with Crippen molar-refractivity contribution in [2.24, 2.45) is 0 Å². The van der Waals surface area contributed by atoms with Gasteiger partial charge in [-0.3, -0.25) is 10.2 Å². The summed E-state index contributed by atoms with van der Waals surface area (Å²) in [5.74, 6) is 0.0228. The van der Waals surface area contributed by atoms with Crippen LogP contribution in [0.4, 0.5) is 15.0 Å². The molecule has 0 aliphatic carbocycles. The molecule has 1 aromatic heterocycles. The van der Waals surface area contributed by atoms with Crippen molar-refractivity contribution < 1.29 is 13.9 Å². The van der Waals surface area contributed by atoms with Crippen molar-refractivity contribution in [2.45, 2.75) is 18.9 Å². The topological polar surface area (TPSA) is 71.4 Å². The van der Waals surface area contributed by atoms with Gasteiger partial charge in [-0.25, -0.2) is 13.9 Å². The third-order valence-corrected chi connectivity index (χ3v) is 6.08. The van der Waals surface area contributed by atoms with Crippen LogP contribution in [0.5, 0.6) is 0 Å². The van der Waals surface area contributed by atoms with E-state index in [1.165, 1.54) is 6.07 Å². The number of likely N-dealkylation sites (tertiary alicyclic amines) is 1. The summed E-state index contributed by atoms with van der Waals surface area (Å²) in [4.78, 5) is 15.2. The van der Waals surface area contributed by atoms with E-state index in [9.17, 15) is 9.18 Å². The number of aryl methyl sites for hydroxylation is 1. The molecule has 2 heterocycles. The van der Waals surface area contributed by atoms with E-state index in [1.54, 1.807) is 17.9 Å². The highest BCUT2D eigenvalue weighted by Crippen LogP contribution is 2.30. The molecule has 2 aromatic carbocycles. The smallest absolute Gasteiger partial charge is 0.320 e. The maximum Gasteiger partial charge on any atom is 0.320 e. The van der Waals surface area contributed by atoms with Crippen LogP contribution in [0.2, 0.25) is 5.02 Å². The van der Waals surface area contributed by atoms with E-state index >= 15 is 0 Å². The first-order valence-corrected chi connectivity index (χ1v) is 11.2. The number of methoxy groups -OCH3 is 1. The van der Waals surface area contributed by atoms with Gasteiger partial charge in [0.15, 0.2) is 0 Å². The first-order valence-electron chi connectivity index (χ1n) is 10.8. The van der Waals surface area contributed by atoms with E-state index in [2.05, 4.69) is 20.6 Å². The summed E-state index contributed by atoms with van der Waals surface area (Å²) in [6, 6.07) is 15.7. The van der Waals surface area contributed by atoms with Crippen LogP contribution in [0.15, 0.2) is 54.6 Å². The van der Waals surface area contributed by atoms with Gasteiger partial charge in [-0.2, -0.15) is 5.10 Å². The number of hydrogen-bond donors (Lipinski definition) is 2. The molecule has 2 amide bonds. The Balaban J connectivity index is 1.51. The van der Waals surface area contributed by atoms with Gasteiger partial charge in [0.2, 0.25) is 0 Å². The molecule has 33 heavy (non-hydrogen) atoms. The summed E-state index contributed by atoms with van der Waals surface area (Å²) in [6.07, 6.45) is 0. The standard InChI is InChI=1S/C24H27ClFN5O2/c1-16-12-23(31(29-16)18-6-4-3-5-7-18)28-24(32)27-22-15-30(10-11-33-2)14-19(22)17-8-9-20(25)21(26)13-17/h3-9,12-13,19,22H,10-11,14-15H2,1-2H3,(H2,27,28,32)/t19-,22+/m0/s1. The molecule has 0 saturated carbocycles. The van der Waals surface area contributed by atoms with Crippen molar-refractivity contribution in [3.05, 3.63) is 76.7 Å². The van der Waals surface area contributed by atoms with E-state index < -0.39 is 5.82 Å². The van der Waals surface area contributed by atoms with E-state index in [1.807, 2.05) is 49.4 Å². The first-order chi connectivity index (χ1) is 15.9. The highest BCUT2D eigenvalue weighted by atomic mass is 35.5. The van der Waals surface area contributed by atoms with Crippen LogP contribution in [0.1, 0.15) is 17.2 Å². The van der Waals surface area contributed by atoms with Crippen LogP contribution < -0.4 is 10.6 Å². The van der Waals surface area contributed by atoms with Crippen molar-refractivity contribution in [1.82, 2.24) is 20.0 Å². The minimum Gasteiger partial charge on any atom is -0.383 e. The summed E-state index contributed by atoms with van der Waals surface area (Å²) < 4.78 is 21.0. The third-order valence-electron chi connectivity index (χ3n) is 5.77. The van der Waals surface area contributed by atoms with E-state index in [-0.39, 0.29) is 23.0 Å². The molecule has 2 N–H and O–H groups in total. The predicted octanol–water partition coefficient (Wildman–Crippen LogP) is 4.21. The molecule has 0 unspecified atom stereocenters. The number of amides is 2. The van der Waals surface area contributed by atoms with Crippen LogP contribution in [-0.4, -0.2) is 60.1 Å². The fourth-order valence-corrected chi connectivity index (χ4v) is 4.31. The Labute approximate surface area is 197 Å². The number of carbonyl (C=O) groups is 1. The molecule has 3 aromatic rings. The highest BCUT2D eigenvalue weighted by molar-refractivity contribution is 6.30. The SMILES string of the molecule is COCCN1C[C@@H](NC(=O)Nc2cc(C)nn2-c2ccccc2)[C@H](c2ccc(Cl)c(F)c2)C1. The van der Waals surface area contributed by atoms with Gasteiger partial charge >= 0.3 is 6.03 Å². The second-order valence-corrected chi connectivity index (χ2v) is 8.56. The van der Waals surface area contributed by atoms with Crippen molar-refractivity contribution in [3.63, 3.8) is 0 Å². The van der Waals surface area contributed by atoms with Gasteiger partial charge in [-0.15, -0.1) is 0 Å². The van der Waals surface area contributed by atoms with Crippen LogP contribution in [0.25, 0.3) is 5.69 Å². The molecule has 1 aliphatic heterocycles. The Morgan fingerprint density at radius 2 is 2.00 bits per heavy atom. The van der Waals surface area contributed by atoms with Gasteiger partial charge < -0.3 is 10.1 Å². The number of anilines is 1. The second kappa shape index (κ2) is 10.3. The lowest BCUT2D eigenvalue weighted by atomic mass is 9.94. The zero-order valence-corrected chi connectivity index (χ0v) is 19.3. The number of aromatic nitrogens is 2. The molecular formula is C24H27ClFN5O2. The number of ether oxygens (including phenoxy) is 1. The quantitative estimate of drug-likeness (QED) is 0.541. The molecule has 2 atom stereocenters. The zero-order valence-electron chi connectivity index (χ0n) is 18.6. The highest BCUT2D eigenvalue weighted by Gasteiger charge is 2.35. The van der Waals surface area contributed by atoms with Crippen LogP contribution >= 0.6 is 11.6 Å². The number of urea groups is 1. The summed E-state index contributed by atoms with van der Waals surface area (Å²) >= 11 is 5.87. The van der Waals surface area contributed by atoms with Gasteiger partial charge in [0, 0.05) is 38.7 Å². The number of carbonyl (C=O) groups excluding carboxylic acids is 1. The van der Waals surface area contributed by atoms with Gasteiger partial charge in [-0.05, 0) is 36.8 Å². The largest absolute Gasteiger partial charge is 0.383 e. The molecule has 9 heteroatoms. The molecule has 1 fully saturated rings. The van der Waals surface area contributed by atoms with Gasteiger partial charge in [0.1, 0.15) is 11.6 Å². The maximum atomic E-state index is 14.1.